The smallest absolute Gasteiger partial charge is 0.459 e. The lowest BCUT2D eigenvalue weighted by Crippen LogP contribution is -2.44. The van der Waals surface area contributed by atoms with Gasteiger partial charge in [0.1, 0.15) is 35.1 Å². The molecule has 0 spiro atoms. The monoisotopic (exact) mass is 651 g/mol. The molecule has 6 atom stereocenters. The number of anilines is 2. The van der Waals surface area contributed by atoms with Crippen molar-refractivity contribution in [2.45, 2.75) is 70.6 Å². The second-order valence-corrected chi connectivity index (χ2v) is 12.1. The van der Waals surface area contributed by atoms with E-state index in [1.807, 2.05) is 0 Å². The number of nitrogens with zero attached hydrogens (tertiary/aromatic N) is 4. The number of ether oxygens (including phenoxy) is 3. The Labute approximate surface area is 258 Å². The molecular weight excluding hydrogens is 613 g/mol. The summed E-state index contributed by atoms with van der Waals surface area (Å²) < 4.78 is 43.1. The number of fused-ring (bicyclic) bond motifs is 1. The average molecular weight is 652 g/mol. The van der Waals surface area contributed by atoms with E-state index in [-0.39, 0.29) is 54.7 Å². The Kier molecular flexibility index (Phi) is 10.6. The summed E-state index contributed by atoms with van der Waals surface area (Å²) in [5, 5.41) is 24.9. The van der Waals surface area contributed by atoms with Gasteiger partial charge in [-0.2, -0.15) is 15.1 Å². The maximum Gasteiger partial charge on any atom is 0.459 e. The van der Waals surface area contributed by atoms with Gasteiger partial charge in [-0.3, -0.25) is 18.7 Å². The van der Waals surface area contributed by atoms with Crippen LogP contribution in [-0.2, 0) is 39.3 Å². The molecule has 0 amide bonds. The minimum atomic E-state index is -4.43. The van der Waals surface area contributed by atoms with Crippen LogP contribution in [0, 0.1) is 0 Å². The molecule has 1 saturated heterocycles. The highest BCUT2D eigenvalue weighted by Crippen LogP contribution is 2.48. The Morgan fingerprint density at radius 1 is 1.20 bits per heavy atom. The quantitative estimate of drug-likeness (QED) is 0.122. The molecule has 0 bridgehead atoms. The lowest BCUT2D eigenvalue weighted by Gasteiger charge is -2.27. The van der Waals surface area contributed by atoms with Gasteiger partial charge in [0.15, 0.2) is 17.7 Å². The molecule has 3 aromatic rings. The number of para-hydroxylation sites is 1. The zero-order chi connectivity index (χ0) is 32.9. The maximum atomic E-state index is 14.2. The van der Waals surface area contributed by atoms with Crippen molar-refractivity contribution >= 4 is 42.6 Å². The molecule has 17 nitrogen and oxygen atoms in total. The third-order valence-electron chi connectivity index (χ3n) is 6.97. The number of nitrogen functional groups attached to an aromatic ring is 2. The number of aryl methyl sites for hydroxylation is 1. The number of hydrogen-bond acceptors (Lipinski definition) is 15. The lowest BCUT2D eigenvalue weighted by atomic mass is 9.96. The van der Waals surface area contributed by atoms with Crippen molar-refractivity contribution < 1.29 is 47.6 Å². The molecule has 4 rings (SSSR count). The van der Waals surface area contributed by atoms with Crippen LogP contribution in [0.2, 0.25) is 0 Å². The van der Waals surface area contributed by atoms with E-state index in [1.165, 1.54) is 30.8 Å². The topological polar surface area (TPSA) is 245 Å². The number of esters is 2. The number of hydrogen-bond donors (Lipinski definition) is 5. The van der Waals surface area contributed by atoms with E-state index in [1.54, 1.807) is 32.0 Å². The van der Waals surface area contributed by atoms with Crippen LogP contribution in [-0.4, -0.2) is 85.3 Å². The standard InChI is InChI=1S/C27H38N7O10P/c1-5-40-19(35)12-11-16-9-7-8-10-17(16)44-45(39,33-15(3)24(37)41-6-2)42-13-18-21(36)27(4,38)25(43-18)34-14-30-20-22(28)31-26(29)32-23(20)34/h7-10,14-15,18,21,25,36,38H,5-6,11-13H2,1-4H3,(H,33,39)(H4,28,29,31,32)/t15-,18+,21?,25+,27+,45-/m0/s1. The van der Waals surface area contributed by atoms with Gasteiger partial charge in [0.2, 0.25) is 5.95 Å². The van der Waals surface area contributed by atoms with Gasteiger partial charge in [-0.1, -0.05) is 18.2 Å². The van der Waals surface area contributed by atoms with Crippen LogP contribution >= 0.6 is 7.75 Å². The zero-order valence-corrected chi connectivity index (χ0v) is 26.2. The molecule has 246 valence electrons. The van der Waals surface area contributed by atoms with Gasteiger partial charge < -0.3 is 40.4 Å². The fourth-order valence-electron chi connectivity index (χ4n) is 4.72. The third-order valence-corrected chi connectivity index (χ3v) is 8.60. The first-order valence-electron chi connectivity index (χ1n) is 14.2. The first kappa shape index (κ1) is 34.0. The number of imidazole rings is 1. The highest BCUT2D eigenvalue weighted by molar-refractivity contribution is 7.52. The van der Waals surface area contributed by atoms with Gasteiger partial charge in [-0.05, 0) is 45.7 Å². The Morgan fingerprint density at radius 2 is 1.91 bits per heavy atom. The molecule has 18 heteroatoms. The molecule has 1 aliphatic rings. The summed E-state index contributed by atoms with van der Waals surface area (Å²) in [6.07, 6.45) is -2.53. The van der Waals surface area contributed by atoms with Gasteiger partial charge in [-0.25, -0.2) is 9.55 Å². The Morgan fingerprint density at radius 3 is 2.62 bits per heavy atom. The van der Waals surface area contributed by atoms with E-state index in [9.17, 15) is 24.4 Å². The van der Waals surface area contributed by atoms with Crippen LogP contribution in [0.3, 0.4) is 0 Å². The summed E-state index contributed by atoms with van der Waals surface area (Å²) in [4.78, 5) is 36.5. The van der Waals surface area contributed by atoms with Crippen molar-refractivity contribution in [1.82, 2.24) is 24.6 Å². The molecule has 1 unspecified atom stereocenters. The molecule has 3 heterocycles. The molecule has 1 aliphatic heterocycles. The summed E-state index contributed by atoms with van der Waals surface area (Å²) >= 11 is 0. The van der Waals surface area contributed by atoms with Crippen molar-refractivity contribution in [1.29, 1.82) is 0 Å². The first-order valence-corrected chi connectivity index (χ1v) is 15.8. The SMILES string of the molecule is CCOC(=O)CCc1ccccc1O[P@](=O)(N[C@@H](C)C(=O)OCC)OC[C@H]1O[C@@H](n2cnc3c(N)nc(N)nc32)[C@](C)(O)C1O. The number of aliphatic hydroxyl groups excluding tert-OH is 1. The Hall–Kier alpha value is -3.86. The normalized spacial score (nSPS) is 23.4. The summed E-state index contributed by atoms with van der Waals surface area (Å²) in [5.74, 6) is -1.14. The van der Waals surface area contributed by atoms with Crippen molar-refractivity contribution in [3.05, 3.63) is 36.2 Å². The molecule has 7 N–H and O–H groups in total. The molecule has 0 radical (unpaired) electrons. The van der Waals surface area contributed by atoms with Gasteiger partial charge in [0.25, 0.3) is 0 Å². The molecular formula is C27H38N7O10P. The maximum absolute atomic E-state index is 14.2. The second kappa shape index (κ2) is 14.1. The second-order valence-electron chi connectivity index (χ2n) is 10.4. The number of carbonyl (C=O) groups excluding carboxylic acids is 2. The molecule has 0 saturated carbocycles. The highest BCUT2D eigenvalue weighted by atomic mass is 31.2. The minimum Gasteiger partial charge on any atom is -0.466 e. The summed E-state index contributed by atoms with van der Waals surface area (Å²) in [7, 11) is -4.43. The largest absolute Gasteiger partial charge is 0.466 e. The van der Waals surface area contributed by atoms with E-state index < -0.39 is 56.4 Å². The number of aliphatic hydroxyl groups is 2. The van der Waals surface area contributed by atoms with Crippen LogP contribution in [0.4, 0.5) is 11.8 Å². The Bertz CT molecular complexity index is 1570. The third kappa shape index (κ3) is 7.69. The van der Waals surface area contributed by atoms with E-state index in [0.717, 1.165) is 0 Å². The predicted octanol–water partition coefficient (Wildman–Crippen LogP) is 1.24. The number of nitrogens with two attached hydrogens (primary N) is 2. The molecule has 45 heavy (non-hydrogen) atoms. The van der Waals surface area contributed by atoms with E-state index in [2.05, 4.69) is 20.0 Å². The molecule has 0 aliphatic carbocycles. The van der Waals surface area contributed by atoms with E-state index in [0.29, 0.717) is 5.56 Å². The average Bonchev–Trinajstić information content (AvgIpc) is 3.49. The van der Waals surface area contributed by atoms with Crippen LogP contribution in [0.15, 0.2) is 30.6 Å². The van der Waals surface area contributed by atoms with Crippen LogP contribution in [0.5, 0.6) is 5.75 Å². The van der Waals surface area contributed by atoms with Gasteiger partial charge in [0, 0.05) is 6.42 Å². The van der Waals surface area contributed by atoms with Gasteiger partial charge in [-0.15, -0.1) is 0 Å². The van der Waals surface area contributed by atoms with Crippen LogP contribution in [0.25, 0.3) is 11.2 Å². The Balaban J connectivity index is 1.57. The van der Waals surface area contributed by atoms with E-state index in [4.69, 9.17) is 34.7 Å². The number of rotatable bonds is 14. The molecule has 2 aromatic heterocycles. The van der Waals surface area contributed by atoms with Crippen LogP contribution < -0.4 is 21.1 Å². The van der Waals surface area contributed by atoms with Crippen molar-refractivity contribution in [3.8, 4) is 5.75 Å². The number of carbonyl (C=O) groups is 2. The van der Waals surface area contributed by atoms with E-state index >= 15 is 0 Å². The van der Waals surface area contributed by atoms with Crippen molar-refractivity contribution in [2.75, 3.05) is 31.3 Å². The van der Waals surface area contributed by atoms with Gasteiger partial charge >= 0.3 is 19.7 Å². The fourth-order valence-corrected chi connectivity index (χ4v) is 6.26. The zero-order valence-electron chi connectivity index (χ0n) is 25.3. The number of nitrogens with one attached hydrogen (secondary N) is 1. The van der Waals surface area contributed by atoms with Gasteiger partial charge in [0.05, 0.1) is 26.1 Å². The lowest BCUT2D eigenvalue weighted by molar-refractivity contribution is -0.145. The predicted molar refractivity (Wildman–Crippen MR) is 160 cm³/mol. The van der Waals surface area contributed by atoms with Crippen molar-refractivity contribution in [3.63, 3.8) is 0 Å². The molecule has 1 aromatic carbocycles. The number of aromatic nitrogens is 4. The van der Waals surface area contributed by atoms with Crippen LogP contribution in [0.1, 0.15) is 45.9 Å². The summed E-state index contributed by atoms with van der Waals surface area (Å²) in [5.41, 5.74) is 10.6. The summed E-state index contributed by atoms with van der Waals surface area (Å²) in [6.45, 7) is 5.81. The van der Waals surface area contributed by atoms with Crippen molar-refractivity contribution in [2.24, 2.45) is 0 Å². The number of benzene rings is 1. The highest BCUT2D eigenvalue weighted by Gasteiger charge is 2.54. The minimum absolute atomic E-state index is 0.0109. The molecule has 1 fully saturated rings. The fraction of sp³-hybridized carbons (Fsp3) is 0.519. The summed E-state index contributed by atoms with van der Waals surface area (Å²) in [6, 6.07) is 5.41. The first-order chi connectivity index (χ1) is 21.3.